The zero-order valence-corrected chi connectivity index (χ0v) is 12.2. The van der Waals surface area contributed by atoms with Crippen LogP contribution in [0.3, 0.4) is 0 Å². The van der Waals surface area contributed by atoms with Crippen molar-refractivity contribution in [2.24, 2.45) is 11.1 Å². The third-order valence-corrected chi connectivity index (χ3v) is 4.56. The molecule has 1 saturated heterocycles. The molecule has 0 spiro atoms. The van der Waals surface area contributed by atoms with Crippen LogP contribution in [-0.4, -0.2) is 43.2 Å². The number of hydrogen-bond donors (Lipinski definition) is 1. The van der Waals surface area contributed by atoms with Gasteiger partial charge in [0, 0.05) is 5.56 Å². The second kappa shape index (κ2) is 4.98. The molecule has 0 aromatic heterocycles. The van der Waals surface area contributed by atoms with Gasteiger partial charge >= 0.3 is 5.97 Å². The molecule has 0 amide bonds. The van der Waals surface area contributed by atoms with E-state index < -0.39 is 5.97 Å². The summed E-state index contributed by atoms with van der Waals surface area (Å²) in [7, 11) is 1.50. The van der Waals surface area contributed by atoms with Gasteiger partial charge < -0.3 is 19.4 Å². The van der Waals surface area contributed by atoms with Gasteiger partial charge in [-0.15, -0.1) is 0 Å². The quantitative estimate of drug-likeness (QED) is 0.920. The molecule has 1 aliphatic carbocycles. The number of nitrogens with zero attached hydrogens (tertiary/aromatic N) is 1. The van der Waals surface area contributed by atoms with Gasteiger partial charge in [-0.1, -0.05) is 5.16 Å². The maximum atomic E-state index is 11.5. The maximum Gasteiger partial charge on any atom is 0.339 e. The molecule has 2 unspecified atom stereocenters. The molecule has 1 aromatic carbocycles. The highest BCUT2D eigenvalue weighted by molar-refractivity contribution is 6.06. The Morgan fingerprint density at radius 1 is 1.36 bits per heavy atom. The highest BCUT2D eigenvalue weighted by Gasteiger charge is 2.42. The van der Waals surface area contributed by atoms with E-state index >= 15 is 0 Å². The van der Waals surface area contributed by atoms with Gasteiger partial charge in [-0.3, -0.25) is 0 Å². The number of benzene rings is 1. The minimum atomic E-state index is -1.00. The van der Waals surface area contributed by atoms with E-state index in [1.165, 1.54) is 7.11 Å². The average Bonchev–Trinajstić information content (AvgIpc) is 3.12. The molecule has 2 aliphatic heterocycles. The Balaban J connectivity index is 1.83. The SMILES string of the molecule is COc1cc(C2CC2)c(C2=NOC3COCC23)cc1C(=O)O. The lowest BCUT2D eigenvalue weighted by molar-refractivity contribution is 0.0558. The number of carboxylic acids is 1. The van der Waals surface area contributed by atoms with Crippen molar-refractivity contribution in [1.82, 2.24) is 0 Å². The van der Waals surface area contributed by atoms with Gasteiger partial charge in [0.25, 0.3) is 0 Å². The molecule has 2 atom stereocenters. The highest BCUT2D eigenvalue weighted by Crippen LogP contribution is 2.45. The average molecular weight is 303 g/mol. The molecular formula is C16H17NO5. The standard InChI is InChI=1S/C16H17NO5/c1-20-13-5-9(8-2-3-8)10(4-11(13)16(18)19)15-12-6-21-7-14(12)22-17-15/h4-5,8,12,14H,2-3,6-7H2,1H3,(H,18,19). The van der Waals surface area contributed by atoms with E-state index in [0.29, 0.717) is 24.9 Å². The molecule has 116 valence electrons. The van der Waals surface area contributed by atoms with Gasteiger partial charge in [0.05, 0.1) is 32.0 Å². The monoisotopic (exact) mass is 303 g/mol. The Labute approximate surface area is 127 Å². The molecule has 2 fully saturated rings. The van der Waals surface area contributed by atoms with Crippen LogP contribution in [0.25, 0.3) is 0 Å². The lowest BCUT2D eigenvalue weighted by Gasteiger charge is -2.15. The van der Waals surface area contributed by atoms with Crippen molar-refractivity contribution in [3.8, 4) is 5.75 Å². The normalized spacial score (nSPS) is 26.3. The Morgan fingerprint density at radius 2 is 2.18 bits per heavy atom. The number of rotatable bonds is 4. The van der Waals surface area contributed by atoms with Crippen molar-refractivity contribution in [3.63, 3.8) is 0 Å². The van der Waals surface area contributed by atoms with Crippen molar-refractivity contribution < 1.29 is 24.2 Å². The number of ether oxygens (including phenoxy) is 2. The highest BCUT2D eigenvalue weighted by atomic mass is 16.7. The Bertz CT molecular complexity index is 665. The summed E-state index contributed by atoms with van der Waals surface area (Å²) in [6.07, 6.45) is 2.18. The summed E-state index contributed by atoms with van der Waals surface area (Å²) in [6, 6.07) is 3.53. The summed E-state index contributed by atoms with van der Waals surface area (Å²) in [6.45, 7) is 1.11. The van der Waals surface area contributed by atoms with Crippen LogP contribution < -0.4 is 4.74 Å². The topological polar surface area (TPSA) is 77.3 Å². The van der Waals surface area contributed by atoms with E-state index in [4.69, 9.17) is 14.3 Å². The minimum Gasteiger partial charge on any atom is -0.496 e. The van der Waals surface area contributed by atoms with Crippen LogP contribution in [0.1, 0.15) is 40.2 Å². The predicted octanol–water partition coefficient (Wildman–Crippen LogP) is 2.02. The summed E-state index contributed by atoms with van der Waals surface area (Å²) < 4.78 is 10.7. The summed E-state index contributed by atoms with van der Waals surface area (Å²) in [4.78, 5) is 16.9. The lowest BCUT2D eigenvalue weighted by Crippen LogP contribution is -2.23. The second-order valence-electron chi connectivity index (χ2n) is 5.98. The first-order valence-corrected chi connectivity index (χ1v) is 7.46. The molecule has 2 heterocycles. The Morgan fingerprint density at radius 3 is 2.86 bits per heavy atom. The van der Waals surface area contributed by atoms with Gasteiger partial charge in [0.15, 0.2) is 6.10 Å². The molecule has 4 rings (SSSR count). The minimum absolute atomic E-state index is 0.0440. The van der Waals surface area contributed by atoms with Gasteiger partial charge in [0.1, 0.15) is 11.3 Å². The van der Waals surface area contributed by atoms with E-state index in [1.54, 1.807) is 6.07 Å². The van der Waals surface area contributed by atoms with Crippen molar-refractivity contribution >= 4 is 11.7 Å². The number of hydrogen-bond acceptors (Lipinski definition) is 5. The van der Waals surface area contributed by atoms with Crippen molar-refractivity contribution in [1.29, 1.82) is 0 Å². The molecule has 0 radical (unpaired) electrons. The summed E-state index contributed by atoms with van der Waals surface area (Å²) in [5.74, 6) is -0.0561. The Kier molecular flexibility index (Phi) is 3.07. The number of oxime groups is 1. The first-order valence-electron chi connectivity index (χ1n) is 7.46. The number of carboxylic acid groups (broad SMARTS) is 1. The zero-order valence-electron chi connectivity index (χ0n) is 12.2. The van der Waals surface area contributed by atoms with Crippen LogP contribution in [0.4, 0.5) is 0 Å². The molecule has 0 bridgehead atoms. The van der Waals surface area contributed by atoms with Crippen LogP contribution in [0, 0.1) is 5.92 Å². The predicted molar refractivity (Wildman–Crippen MR) is 77.6 cm³/mol. The van der Waals surface area contributed by atoms with Crippen LogP contribution in [0.2, 0.25) is 0 Å². The van der Waals surface area contributed by atoms with E-state index in [1.807, 2.05) is 6.07 Å². The smallest absolute Gasteiger partial charge is 0.339 e. The fourth-order valence-corrected chi connectivity index (χ4v) is 3.22. The van der Waals surface area contributed by atoms with Crippen LogP contribution >= 0.6 is 0 Å². The van der Waals surface area contributed by atoms with E-state index in [0.717, 1.165) is 29.7 Å². The van der Waals surface area contributed by atoms with E-state index in [9.17, 15) is 9.90 Å². The van der Waals surface area contributed by atoms with Crippen LogP contribution in [0.15, 0.2) is 17.3 Å². The maximum absolute atomic E-state index is 11.5. The number of methoxy groups -OCH3 is 1. The molecule has 6 heteroatoms. The molecule has 22 heavy (non-hydrogen) atoms. The molecule has 3 aliphatic rings. The lowest BCUT2D eigenvalue weighted by atomic mass is 9.88. The summed E-state index contributed by atoms with van der Waals surface area (Å²) >= 11 is 0. The number of fused-ring (bicyclic) bond motifs is 1. The Hall–Kier alpha value is -2.08. The molecule has 1 N–H and O–H groups in total. The molecule has 1 aromatic rings. The van der Waals surface area contributed by atoms with E-state index in [-0.39, 0.29) is 17.6 Å². The van der Waals surface area contributed by atoms with Gasteiger partial charge in [-0.2, -0.15) is 0 Å². The zero-order chi connectivity index (χ0) is 15.3. The van der Waals surface area contributed by atoms with Crippen molar-refractivity contribution in [3.05, 3.63) is 28.8 Å². The first kappa shape index (κ1) is 13.6. The van der Waals surface area contributed by atoms with Crippen LogP contribution in [-0.2, 0) is 9.57 Å². The van der Waals surface area contributed by atoms with Gasteiger partial charge in [-0.05, 0) is 36.5 Å². The van der Waals surface area contributed by atoms with Crippen LogP contribution in [0.5, 0.6) is 5.75 Å². The summed E-state index contributed by atoms with van der Waals surface area (Å²) in [5, 5.41) is 13.6. The second-order valence-corrected chi connectivity index (χ2v) is 5.98. The summed E-state index contributed by atoms with van der Waals surface area (Å²) in [5.41, 5.74) is 2.96. The van der Waals surface area contributed by atoms with Crippen molar-refractivity contribution in [2.45, 2.75) is 24.9 Å². The third kappa shape index (κ3) is 2.06. The number of aromatic carboxylic acids is 1. The fraction of sp³-hybridized carbons (Fsp3) is 0.500. The molecule has 1 saturated carbocycles. The van der Waals surface area contributed by atoms with Crippen molar-refractivity contribution in [2.75, 3.05) is 20.3 Å². The number of carbonyl (C=O) groups is 1. The largest absolute Gasteiger partial charge is 0.496 e. The third-order valence-electron chi connectivity index (χ3n) is 4.56. The van der Waals surface area contributed by atoms with Gasteiger partial charge in [-0.25, -0.2) is 4.79 Å². The molecule has 6 nitrogen and oxygen atoms in total. The van der Waals surface area contributed by atoms with E-state index in [2.05, 4.69) is 5.16 Å². The molecular weight excluding hydrogens is 286 g/mol. The van der Waals surface area contributed by atoms with Gasteiger partial charge in [0.2, 0.25) is 0 Å². The first-order chi connectivity index (χ1) is 10.7. The fourth-order valence-electron chi connectivity index (χ4n) is 3.22.